The number of nitrogens with one attached hydrogen (secondary N) is 2. The second-order valence-corrected chi connectivity index (χ2v) is 5.86. The van der Waals surface area contributed by atoms with E-state index in [1.807, 2.05) is 0 Å². The molecule has 0 bridgehead atoms. The molecule has 2 aromatic rings. The number of carbonyl (C=O) groups excluding carboxylic acids is 2. The number of rotatable bonds is 9. The van der Waals surface area contributed by atoms with Gasteiger partial charge in [0, 0.05) is 12.6 Å². The predicted molar refractivity (Wildman–Crippen MR) is 99.4 cm³/mol. The van der Waals surface area contributed by atoms with Gasteiger partial charge in [0.2, 0.25) is 5.91 Å². The van der Waals surface area contributed by atoms with Gasteiger partial charge in [-0.2, -0.15) is 0 Å². The van der Waals surface area contributed by atoms with E-state index in [4.69, 9.17) is 5.73 Å². The predicted octanol–water partition coefficient (Wildman–Crippen LogP) is 3.32. The Morgan fingerprint density at radius 1 is 1.00 bits per heavy atom. The van der Waals surface area contributed by atoms with Gasteiger partial charge in [0.1, 0.15) is 11.5 Å². The third-order valence-corrected chi connectivity index (χ3v) is 3.76. The highest BCUT2D eigenvalue weighted by atomic mass is 19.1. The summed E-state index contributed by atoms with van der Waals surface area (Å²) in [6, 6.07) is 8.77. The highest BCUT2D eigenvalue weighted by molar-refractivity contribution is 6.06. The first-order valence-electron chi connectivity index (χ1n) is 8.62. The number of hydrogen-bond donors (Lipinski definition) is 3. The zero-order valence-electron chi connectivity index (χ0n) is 14.5. The average Bonchev–Trinajstić information content (AvgIpc) is 2.64. The quantitative estimate of drug-likeness (QED) is 0.599. The molecule has 0 atom stereocenters. The summed E-state index contributed by atoms with van der Waals surface area (Å²) in [5.74, 6) is -1.16. The molecule has 26 heavy (non-hydrogen) atoms. The first kappa shape index (κ1) is 19.5. The van der Waals surface area contributed by atoms with Gasteiger partial charge in [-0.05, 0) is 49.7 Å². The molecule has 0 unspecified atom stereocenters. The van der Waals surface area contributed by atoms with E-state index in [2.05, 4.69) is 15.6 Å². The van der Waals surface area contributed by atoms with Crippen molar-refractivity contribution in [3.63, 3.8) is 0 Å². The van der Waals surface area contributed by atoms with Crippen molar-refractivity contribution in [2.75, 3.05) is 17.2 Å². The smallest absolute Gasteiger partial charge is 0.274 e. The molecule has 0 aliphatic carbocycles. The van der Waals surface area contributed by atoms with Gasteiger partial charge in [0.25, 0.3) is 5.91 Å². The van der Waals surface area contributed by atoms with E-state index in [1.54, 1.807) is 18.2 Å². The maximum absolute atomic E-state index is 13.6. The van der Waals surface area contributed by atoms with Gasteiger partial charge in [0.15, 0.2) is 0 Å². The standard InChI is InChI=1S/C19H23FN4O2/c20-14-9-10-15(24-19(26)16-7-4-6-12-22-16)17(13-14)23-18(25)8-3-1-2-5-11-21/h4,6-7,9-10,12-13H,1-3,5,8,11,21H2,(H,23,25)(H,24,26). The molecule has 2 rings (SSSR count). The summed E-state index contributed by atoms with van der Waals surface area (Å²) in [5.41, 5.74) is 6.20. The number of amides is 2. The molecule has 0 radical (unpaired) electrons. The van der Waals surface area contributed by atoms with Crippen molar-refractivity contribution in [2.24, 2.45) is 5.73 Å². The molecule has 6 nitrogen and oxygen atoms in total. The molecule has 0 fully saturated rings. The number of pyridine rings is 1. The van der Waals surface area contributed by atoms with E-state index in [1.165, 1.54) is 24.4 Å². The normalized spacial score (nSPS) is 10.4. The number of carbonyl (C=O) groups is 2. The number of benzene rings is 1. The summed E-state index contributed by atoms with van der Waals surface area (Å²) < 4.78 is 13.6. The highest BCUT2D eigenvalue weighted by Gasteiger charge is 2.13. The highest BCUT2D eigenvalue weighted by Crippen LogP contribution is 2.24. The Hall–Kier alpha value is -2.80. The van der Waals surface area contributed by atoms with E-state index in [9.17, 15) is 14.0 Å². The SMILES string of the molecule is NCCCCCCC(=O)Nc1cc(F)ccc1NC(=O)c1ccccn1. The number of unbranched alkanes of at least 4 members (excludes halogenated alkanes) is 3. The van der Waals surface area contributed by atoms with Gasteiger partial charge in [-0.3, -0.25) is 14.6 Å². The lowest BCUT2D eigenvalue weighted by Gasteiger charge is -2.12. The van der Waals surface area contributed by atoms with Crippen LogP contribution >= 0.6 is 0 Å². The van der Waals surface area contributed by atoms with Crippen LogP contribution in [0.1, 0.15) is 42.6 Å². The number of anilines is 2. The van der Waals surface area contributed by atoms with Crippen LogP contribution in [-0.4, -0.2) is 23.3 Å². The van der Waals surface area contributed by atoms with Crippen molar-refractivity contribution in [3.05, 3.63) is 54.1 Å². The van der Waals surface area contributed by atoms with Gasteiger partial charge in [-0.1, -0.05) is 18.9 Å². The van der Waals surface area contributed by atoms with Crippen LogP contribution in [0, 0.1) is 5.82 Å². The number of aromatic nitrogens is 1. The van der Waals surface area contributed by atoms with Crippen LogP contribution < -0.4 is 16.4 Å². The van der Waals surface area contributed by atoms with Crippen molar-refractivity contribution in [1.29, 1.82) is 0 Å². The summed E-state index contributed by atoms with van der Waals surface area (Å²) in [7, 11) is 0. The van der Waals surface area contributed by atoms with E-state index < -0.39 is 11.7 Å². The molecular weight excluding hydrogens is 335 g/mol. The Kier molecular flexibility index (Phi) is 7.70. The van der Waals surface area contributed by atoms with E-state index >= 15 is 0 Å². The average molecular weight is 358 g/mol. The Balaban J connectivity index is 1.98. The molecular formula is C19H23FN4O2. The maximum Gasteiger partial charge on any atom is 0.274 e. The van der Waals surface area contributed by atoms with Crippen molar-refractivity contribution in [1.82, 2.24) is 4.98 Å². The number of nitrogens with zero attached hydrogens (tertiary/aromatic N) is 1. The minimum Gasteiger partial charge on any atom is -0.330 e. The van der Waals surface area contributed by atoms with Gasteiger partial charge in [-0.25, -0.2) is 4.39 Å². The summed E-state index contributed by atoms with van der Waals surface area (Å²) in [4.78, 5) is 28.3. The van der Waals surface area contributed by atoms with Crippen LogP contribution in [0.2, 0.25) is 0 Å². The second-order valence-electron chi connectivity index (χ2n) is 5.86. The fraction of sp³-hybridized carbons (Fsp3) is 0.316. The lowest BCUT2D eigenvalue weighted by atomic mass is 10.1. The molecule has 0 saturated carbocycles. The van der Waals surface area contributed by atoms with E-state index in [-0.39, 0.29) is 17.3 Å². The zero-order chi connectivity index (χ0) is 18.8. The van der Waals surface area contributed by atoms with Crippen LogP contribution in [-0.2, 0) is 4.79 Å². The van der Waals surface area contributed by atoms with Crippen LogP contribution in [0.5, 0.6) is 0 Å². The molecule has 138 valence electrons. The van der Waals surface area contributed by atoms with Crippen LogP contribution in [0.15, 0.2) is 42.6 Å². The van der Waals surface area contributed by atoms with Gasteiger partial charge >= 0.3 is 0 Å². The van der Waals surface area contributed by atoms with Crippen molar-refractivity contribution < 1.29 is 14.0 Å². The number of nitrogens with two attached hydrogens (primary N) is 1. The Morgan fingerprint density at radius 2 is 1.81 bits per heavy atom. The fourth-order valence-electron chi connectivity index (χ4n) is 2.41. The topological polar surface area (TPSA) is 97.1 Å². The largest absolute Gasteiger partial charge is 0.330 e. The second kappa shape index (κ2) is 10.2. The monoisotopic (exact) mass is 358 g/mol. The van der Waals surface area contributed by atoms with Crippen LogP contribution in [0.25, 0.3) is 0 Å². The minimum absolute atomic E-state index is 0.223. The zero-order valence-corrected chi connectivity index (χ0v) is 14.5. The van der Waals surface area contributed by atoms with E-state index in [0.29, 0.717) is 18.7 Å². The first-order valence-corrected chi connectivity index (χ1v) is 8.62. The summed E-state index contributed by atoms with van der Waals surface area (Å²) in [5, 5.41) is 5.31. The van der Waals surface area contributed by atoms with E-state index in [0.717, 1.165) is 25.7 Å². The molecule has 1 aromatic carbocycles. The van der Waals surface area contributed by atoms with Gasteiger partial charge < -0.3 is 16.4 Å². The lowest BCUT2D eigenvalue weighted by molar-refractivity contribution is -0.116. The van der Waals surface area contributed by atoms with Gasteiger partial charge in [0.05, 0.1) is 11.4 Å². The Labute approximate surface area is 152 Å². The molecule has 7 heteroatoms. The third-order valence-electron chi connectivity index (χ3n) is 3.76. The van der Waals surface area contributed by atoms with Gasteiger partial charge in [-0.15, -0.1) is 0 Å². The van der Waals surface area contributed by atoms with Crippen molar-refractivity contribution in [2.45, 2.75) is 32.1 Å². The van der Waals surface area contributed by atoms with Crippen LogP contribution in [0.4, 0.5) is 15.8 Å². The Morgan fingerprint density at radius 3 is 2.54 bits per heavy atom. The molecule has 0 aliphatic heterocycles. The molecule has 0 saturated heterocycles. The molecule has 0 spiro atoms. The minimum atomic E-state index is -0.501. The molecule has 1 heterocycles. The fourth-order valence-corrected chi connectivity index (χ4v) is 2.41. The third kappa shape index (κ3) is 6.25. The summed E-state index contributed by atoms with van der Waals surface area (Å²) >= 11 is 0. The molecule has 1 aromatic heterocycles. The lowest BCUT2D eigenvalue weighted by Crippen LogP contribution is -2.17. The number of hydrogen-bond acceptors (Lipinski definition) is 4. The van der Waals surface area contributed by atoms with Crippen molar-refractivity contribution in [3.8, 4) is 0 Å². The van der Waals surface area contributed by atoms with Crippen LogP contribution in [0.3, 0.4) is 0 Å². The Bertz CT molecular complexity index is 738. The summed E-state index contributed by atoms with van der Waals surface area (Å²) in [6.45, 7) is 0.648. The molecule has 0 aliphatic rings. The molecule has 4 N–H and O–H groups in total. The summed E-state index contributed by atoms with van der Waals surface area (Å²) in [6.07, 6.45) is 5.40. The maximum atomic E-state index is 13.6. The van der Waals surface area contributed by atoms with Crippen molar-refractivity contribution >= 4 is 23.2 Å². The number of halogens is 1. The molecule has 2 amide bonds. The first-order chi connectivity index (χ1) is 12.6.